The highest BCUT2D eigenvalue weighted by Crippen LogP contribution is 2.31. The number of rotatable bonds is 8. The molecule has 0 bridgehead atoms. The first-order valence-electron chi connectivity index (χ1n) is 9.32. The van der Waals surface area contributed by atoms with Gasteiger partial charge in [-0.15, -0.1) is 6.58 Å². The Morgan fingerprint density at radius 3 is 2.77 bits per heavy atom. The fourth-order valence-corrected chi connectivity index (χ4v) is 4.37. The number of carbonyl (C=O) groups excluding carboxylic acids is 2. The maximum absolute atomic E-state index is 12.7. The van der Waals surface area contributed by atoms with Crippen molar-refractivity contribution >= 4 is 63.3 Å². The van der Waals surface area contributed by atoms with Gasteiger partial charge in [-0.3, -0.25) is 19.8 Å². The van der Waals surface area contributed by atoms with Crippen molar-refractivity contribution in [2.45, 2.75) is 12.8 Å². The van der Waals surface area contributed by atoms with Crippen molar-refractivity contribution < 1.29 is 9.59 Å². The lowest BCUT2D eigenvalue weighted by atomic mass is 10.1. The molecule has 0 atom stereocenters. The largest absolute Gasteiger partial charge is 0.351 e. The van der Waals surface area contributed by atoms with Crippen molar-refractivity contribution in [3.8, 4) is 0 Å². The molecule has 1 aromatic heterocycles. The summed E-state index contributed by atoms with van der Waals surface area (Å²) < 4.78 is 0. The van der Waals surface area contributed by atoms with E-state index in [0.29, 0.717) is 4.88 Å². The van der Waals surface area contributed by atoms with Gasteiger partial charge in [0, 0.05) is 20.1 Å². The molecule has 156 valence electrons. The van der Waals surface area contributed by atoms with E-state index in [-0.39, 0.29) is 22.4 Å². The number of anilines is 1. The standard InChI is InChI=1S/C21H21ClN4O2S2/c1-3-11-26-19(28)15(18(27)24-20(26)29)13-16-17(22)23-21(30-16)25(2)12-7-10-14-8-5-4-6-9-14/h3-6,8-9,13H,1,7,10-12H2,2H3,(H,24,27,29). The van der Waals surface area contributed by atoms with Crippen LogP contribution >= 0.6 is 35.2 Å². The van der Waals surface area contributed by atoms with E-state index < -0.39 is 11.8 Å². The van der Waals surface area contributed by atoms with Crippen LogP contribution in [-0.4, -0.2) is 46.9 Å². The number of benzene rings is 1. The third-order valence-electron chi connectivity index (χ3n) is 4.50. The van der Waals surface area contributed by atoms with Crippen molar-refractivity contribution in [3.63, 3.8) is 0 Å². The number of hydrogen-bond donors (Lipinski definition) is 1. The molecule has 2 aromatic rings. The molecule has 1 aliphatic heterocycles. The van der Waals surface area contributed by atoms with Gasteiger partial charge in [0.05, 0.1) is 4.88 Å². The Kier molecular flexibility index (Phi) is 7.36. The van der Waals surface area contributed by atoms with Crippen LogP contribution in [0.5, 0.6) is 0 Å². The van der Waals surface area contributed by atoms with E-state index in [0.717, 1.165) is 24.5 Å². The second-order valence-electron chi connectivity index (χ2n) is 6.68. The summed E-state index contributed by atoms with van der Waals surface area (Å²) in [6, 6.07) is 10.3. The van der Waals surface area contributed by atoms with E-state index in [1.54, 1.807) is 6.08 Å². The normalized spacial score (nSPS) is 15.5. The minimum atomic E-state index is -0.549. The molecule has 0 radical (unpaired) electrons. The number of carbonyl (C=O) groups is 2. The van der Waals surface area contributed by atoms with Gasteiger partial charge in [0.1, 0.15) is 10.7 Å². The first-order chi connectivity index (χ1) is 14.4. The Hall–Kier alpha value is -2.55. The summed E-state index contributed by atoms with van der Waals surface area (Å²) in [7, 11) is 1.94. The molecule has 1 aliphatic rings. The number of aromatic nitrogens is 1. The molecule has 0 spiro atoms. The molecule has 9 heteroatoms. The quantitative estimate of drug-likeness (QED) is 0.282. The summed E-state index contributed by atoms with van der Waals surface area (Å²) in [4.78, 5) is 33.2. The predicted octanol–water partition coefficient (Wildman–Crippen LogP) is 3.68. The summed E-state index contributed by atoms with van der Waals surface area (Å²) in [5, 5.41) is 3.56. The van der Waals surface area contributed by atoms with Gasteiger partial charge in [0.25, 0.3) is 11.8 Å². The lowest BCUT2D eigenvalue weighted by molar-refractivity contribution is -0.128. The monoisotopic (exact) mass is 460 g/mol. The number of nitrogens with zero attached hydrogens (tertiary/aromatic N) is 3. The van der Waals surface area contributed by atoms with Crippen molar-refractivity contribution in [1.29, 1.82) is 0 Å². The highest BCUT2D eigenvalue weighted by atomic mass is 35.5. The van der Waals surface area contributed by atoms with Crippen LogP contribution in [0.25, 0.3) is 6.08 Å². The van der Waals surface area contributed by atoms with Gasteiger partial charge in [0.2, 0.25) is 0 Å². The van der Waals surface area contributed by atoms with E-state index in [1.165, 1.54) is 27.9 Å². The van der Waals surface area contributed by atoms with Gasteiger partial charge in [-0.25, -0.2) is 4.98 Å². The number of hydrogen-bond acceptors (Lipinski definition) is 6. The van der Waals surface area contributed by atoms with E-state index in [2.05, 4.69) is 29.0 Å². The van der Waals surface area contributed by atoms with Crippen LogP contribution in [0.1, 0.15) is 16.9 Å². The maximum atomic E-state index is 12.7. The molecule has 2 amide bonds. The summed E-state index contributed by atoms with van der Waals surface area (Å²) in [6.45, 7) is 4.62. The second-order valence-corrected chi connectivity index (χ2v) is 8.44. The van der Waals surface area contributed by atoms with E-state index in [9.17, 15) is 9.59 Å². The molecule has 30 heavy (non-hydrogen) atoms. The molecule has 0 aliphatic carbocycles. The maximum Gasteiger partial charge on any atom is 0.265 e. The van der Waals surface area contributed by atoms with Crippen LogP contribution in [0.3, 0.4) is 0 Å². The number of halogens is 1. The van der Waals surface area contributed by atoms with Gasteiger partial charge < -0.3 is 4.90 Å². The SMILES string of the molecule is C=CCN1C(=O)C(=Cc2sc(N(C)CCCc3ccccc3)nc2Cl)C(=O)NC1=S. The van der Waals surface area contributed by atoms with E-state index >= 15 is 0 Å². The highest BCUT2D eigenvalue weighted by molar-refractivity contribution is 7.80. The van der Waals surface area contributed by atoms with Crippen LogP contribution in [0.15, 0.2) is 48.6 Å². The van der Waals surface area contributed by atoms with Crippen molar-refractivity contribution in [2.75, 3.05) is 25.0 Å². The molecule has 0 unspecified atom stereocenters. The second kappa shape index (κ2) is 9.97. The molecule has 0 saturated carbocycles. The zero-order valence-electron chi connectivity index (χ0n) is 16.4. The first kappa shape index (κ1) is 22.1. The van der Waals surface area contributed by atoms with Crippen LogP contribution in [0.4, 0.5) is 5.13 Å². The van der Waals surface area contributed by atoms with Crippen molar-refractivity contribution in [2.24, 2.45) is 0 Å². The minimum Gasteiger partial charge on any atom is -0.351 e. The summed E-state index contributed by atoms with van der Waals surface area (Å²) in [6.07, 6.45) is 4.94. The van der Waals surface area contributed by atoms with E-state index in [4.69, 9.17) is 23.8 Å². The van der Waals surface area contributed by atoms with Crippen LogP contribution in [-0.2, 0) is 16.0 Å². The molecule has 6 nitrogen and oxygen atoms in total. The summed E-state index contributed by atoms with van der Waals surface area (Å²) >= 11 is 12.7. The summed E-state index contributed by atoms with van der Waals surface area (Å²) in [5.41, 5.74) is 1.26. The lowest BCUT2D eigenvalue weighted by Crippen LogP contribution is -2.53. The zero-order valence-corrected chi connectivity index (χ0v) is 18.8. The van der Waals surface area contributed by atoms with Gasteiger partial charge in [-0.1, -0.05) is 59.3 Å². The fraction of sp³-hybridized carbons (Fsp3) is 0.238. The fourth-order valence-electron chi connectivity index (χ4n) is 2.94. The first-order valence-corrected chi connectivity index (χ1v) is 10.9. The summed E-state index contributed by atoms with van der Waals surface area (Å²) in [5.74, 6) is -1.03. The smallest absolute Gasteiger partial charge is 0.265 e. The zero-order chi connectivity index (χ0) is 21.7. The Balaban J connectivity index is 1.71. The van der Waals surface area contributed by atoms with Crippen LogP contribution < -0.4 is 10.2 Å². The Morgan fingerprint density at radius 2 is 2.07 bits per heavy atom. The molecular formula is C21H21ClN4O2S2. The van der Waals surface area contributed by atoms with Gasteiger partial charge >= 0.3 is 0 Å². The Bertz CT molecular complexity index is 1000. The lowest BCUT2D eigenvalue weighted by Gasteiger charge is -2.27. The predicted molar refractivity (Wildman–Crippen MR) is 126 cm³/mol. The number of thiocarbonyl (C=S) groups is 1. The molecule has 2 heterocycles. The van der Waals surface area contributed by atoms with Gasteiger partial charge in [-0.2, -0.15) is 0 Å². The van der Waals surface area contributed by atoms with E-state index in [1.807, 2.05) is 30.1 Å². The Labute approximate surface area is 189 Å². The molecule has 1 aromatic carbocycles. The molecular weight excluding hydrogens is 440 g/mol. The topological polar surface area (TPSA) is 65.5 Å². The average Bonchev–Trinajstić information content (AvgIpc) is 3.09. The molecule has 3 rings (SSSR count). The number of amides is 2. The third kappa shape index (κ3) is 5.13. The number of aryl methyl sites for hydroxylation is 1. The molecule has 1 fully saturated rings. The van der Waals surface area contributed by atoms with Crippen LogP contribution in [0.2, 0.25) is 5.15 Å². The molecule has 1 saturated heterocycles. The Morgan fingerprint density at radius 1 is 1.33 bits per heavy atom. The van der Waals surface area contributed by atoms with Gasteiger partial charge in [-0.05, 0) is 36.7 Å². The highest BCUT2D eigenvalue weighted by Gasteiger charge is 2.33. The number of nitrogens with one attached hydrogen (secondary N) is 1. The average molecular weight is 461 g/mol. The third-order valence-corrected chi connectivity index (χ3v) is 6.34. The van der Waals surface area contributed by atoms with Crippen LogP contribution in [0, 0.1) is 0 Å². The van der Waals surface area contributed by atoms with Gasteiger partial charge in [0.15, 0.2) is 10.2 Å². The number of thiazole rings is 1. The molecule has 1 N–H and O–H groups in total. The van der Waals surface area contributed by atoms with Crippen molar-refractivity contribution in [3.05, 3.63) is 64.2 Å². The van der Waals surface area contributed by atoms with Crippen molar-refractivity contribution in [1.82, 2.24) is 15.2 Å². The minimum absolute atomic E-state index is 0.0331.